The highest BCUT2D eigenvalue weighted by atomic mass is 16.6. The molecule has 2 aromatic rings. The summed E-state index contributed by atoms with van der Waals surface area (Å²) in [6, 6.07) is 12.0. The Hall–Kier alpha value is -2.56. The predicted octanol–water partition coefficient (Wildman–Crippen LogP) is 3.79. The van der Waals surface area contributed by atoms with Gasteiger partial charge in [-0.1, -0.05) is 6.07 Å². The molecular formula is C16H16N2O3. The van der Waals surface area contributed by atoms with Gasteiger partial charge >= 0.3 is 0 Å². The number of phenolic OH excluding ortho intramolecular Hbond substituents is 1. The number of nitrogens with zero attached hydrogens (tertiary/aromatic N) is 1. The van der Waals surface area contributed by atoms with Crippen LogP contribution >= 0.6 is 0 Å². The predicted molar refractivity (Wildman–Crippen MR) is 80.5 cm³/mol. The molecule has 0 saturated carbocycles. The summed E-state index contributed by atoms with van der Waals surface area (Å²) in [5.74, 6) is 0.270. The lowest BCUT2D eigenvalue weighted by atomic mass is 9.87. The van der Waals surface area contributed by atoms with Gasteiger partial charge in [0.2, 0.25) is 0 Å². The lowest BCUT2D eigenvalue weighted by Crippen LogP contribution is -2.17. The zero-order chi connectivity index (χ0) is 14.8. The smallest absolute Gasteiger partial charge is 0.269 e. The lowest BCUT2D eigenvalue weighted by Gasteiger charge is -2.27. The topological polar surface area (TPSA) is 75.4 Å². The number of nitro benzene ring substituents is 1. The number of phenols is 1. The van der Waals surface area contributed by atoms with Crippen LogP contribution in [0.1, 0.15) is 30.0 Å². The normalized spacial score (nSPS) is 17.0. The van der Waals surface area contributed by atoms with Crippen molar-refractivity contribution in [1.29, 1.82) is 0 Å². The van der Waals surface area contributed by atoms with Crippen molar-refractivity contribution in [2.45, 2.75) is 25.3 Å². The van der Waals surface area contributed by atoms with E-state index in [0.717, 1.165) is 30.5 Å². The Morgan fingerprint density at radius 2 is 1.95 bits per heavy atom. The Balaban J connectivity index is 1.83. The number of anilines is 1. The Morgan fingerprint density at radius 1 is 1.19 bits per heavy atom. The molecule has 0 saturated heterocycles. The highest BCUT2D eigenvalue weighted by molar-refractivity contribution is 5.51. The fourth-order valence-electron chi connectivity index (χ4n) is 2.82. The first-order chi connectivity index (χ1) is 10.1. The van der Waals surface area contributed by atoms with Crippen molar-refractivity contribution in [1.82, 2.24) is 0 Å². The van der Waals surface area contributed by atoms with E-state index in [9.17, 15) is 15.2 Å². The maximum atomic E-state index is 10.7. The maximum Gasteiger partial charge on any atom is 0.269 e. The minimum Gasteiger partial charge on any atom is -0.508 e. The number of fused-ring (bicyclic) bond motifs is 1. The molecule has 5 nitrogen and oxygen atoms in total. The van der Waals surface area contributed by atoms with Crippen molar-refractivity contribution in [2.75, 3.05) is 5.32 Å². The minimum absolute atomic E-state index is 0.0854. The average molecular weight is 284 g/mol. The van der Waals surface area contributed by atoms with Crippen LogP contribution in [0.2, 0.25) is 0 Å². The van der Waals surface area contributed by atoms with E-state index in [0.29, 0.717) is 0 Å². The monoisotopic (exact) mass is 284 g/mol. The van der Waals surface area contributed by atoms with Gasteiger partial charge in [-0.05, 0) is 54.7 Å². The Kier molecular flexibility index (Phi) is 3.48. The molecule has 1 unspecified atom stereocenters. The molecule has 0 amide bonds. The number of hydrogen-bond donors (Lipinski definition) is 2. The second-order valence-electron chi connectivity index (χ2n) is 5.28. The highest BCUT2D eigenvalue weighted by Crippen LogP contribution is 2.34. The van der Waals surface area contributed by atoms with E-state index in [-0.39, 0.29) is 17.5 Å². The van der Waals surface area contributed by atoms with Crippen LogP contribution in [0.4, 0.5) is 11.4 Å². The van der Waals surface area contributed by atoms with Gasteiger partial charge < -0.3 is 10.4 Å². The molecule has 21 heavy (non-hydrogen) atoms. The van der Waals surface area contributed by atoms with E-state index in [2.05, 4.69) is 5.32 Å². The number of nitrogens with one attached hydrogen (secondary N) is 1. The van der Waals surface area contributed by atoms with Crippen LogP contribution < -0.4 is 5.32 Å². The van der Waals surface area contributed by atoms with Gasteiger partial charge in [-0.2, -0.15) is 0 Å². The molecule has 1 atom stereocenters. The summed E-state index contributed by atoms with van der Waals surface area (Å²) in [6.07, 6.45) is 3.09. The Labute approximate surface area is 122 Å². The quantitative estimate of drug-likeness (QED) is 0.664. The highest BCUT2D eigenvalue weighted by Gasteiger charge is 2.20. The summed E-state index contributed by atoms with van der Waals surface area (Å²) >= 11 is 0. The molecule has 0 fully saturated rings. The van der Waals surface area contributed by atoms with E-state index in [1.165, 1.54) is 17.7 Å². The summed E-state index contributed by atoms with van der Waals surface area (Å²) < 4.78 is 0. The van der Waals surface area contributed by atoms with Crippen molar-refractivity contribution in [3.63, 3.8) is 0 Å². The first-order valence-corrected chi connectivity index (χ1v) is 6.96. The van der Waals surface area contributed by atoms with Crippen molar-refractivity contribution in [3.05, 3.63) is 63.7 Å². The molecule has 108 valence electrons. The van der Waals surface area contributed by atoms with Crippen LogP contribution in [-0.4, -0.2) is 10.0 Å². The molecule has 2 aromatic carbocycles. The summed E-state index contributed by atoms with van der Waals surface area (Å²) in [7, 11) is 0. The summed E-state index contributed by atoms with van der Waals surface area (Å²) in [4.78, 5) is 10.3. The van der Waals surface area contributed by atoms with Gasteiger partial charge in [-0.25, -0.2) is 0 Å². The van der Waals surface area contributed by atoms with Gasteiger partial charge in [0.25, 0.3) is 5.69 Å². The molecule has 5 heteroatoms. The van der Waals surface area contributed by atoms with Gasteiger partial charge in [0, 0.05) is 17.8 Å². The standard InChI is InChI=1S/C16H16N2O3/c19-14-9-4-11-2-1-3-16(15(11)10-14)17-12-5-7-13(8-6-12)18(20)21/h4-10,16-17,19H,1-3H2. The van der Waals surface area contributed by atoms with E-state index in [4.69, 9.17) is 0 Å². The molecule has 0 radical (unpaired) electrons. The summed E-state index contributed by atoms with van der Waals surface area (Å²) in [6.45, 7) is 0. The fraction of sp³-hybridized carbons (Fsp3) is 0.250. The minimum atomic E-state index is -0.405. The van der Waals surface area contributed by atoms with Gasteiger partial charge in [0.1, 0.15) is 5.75 Å². The zero-order valence-electron chi connectivity index (χ0n) is 11.5. The molecule has 1 aliphatic rings. The van der Waals surface area contributed by atoms with Crippen LogP contribution in [0.15, 0.2) is 42.5 Å². The third-order valence-electron chi connectivity index (χ3n) is 3.86. The van der Waals surface area contributed by atoms with Crippen molar-refractivity contribution >= 4 is 11.4 Å². The van der Waals surface area contributed by atoms with Crippen LogP contribution in [0.25, 0.3) is 0 Å². The summed E-state index contributed by atoms with van der Waals surface area (Å²) in [5.41, 5.74) is 3.29. The molecule has 1 aliphatic carbocycles. The lowest BCUT2D eigenvalue weighted by molar-refractivity contribution is -0.384. The SMILES string of the molecule is O=[N+]([O-])c1ccc(NC2CCCc3ccc(O)cc32)cc1. The Bertz CT molecular complexity index is 668. The molecule has 2 N–H and O–H groups in total. The Morgan fingerprint density at radius 3 is 2.67 bits per heavy atom. The molecule has 0 bridgehead atoms. The van der Waals surface area contributed by atoms with Gasteiger partial charge in [0.15, 0.2) is 0 Å². The first kappa shape index (κ1) is 13.4. The fourth-order valence-corrected chi connectivity index (χ4v) is 2.82. The van der Waals surface area contributed by atoms with Crippen LogP contribution in [0, 0.1) is 10.1 Å². The number of nitro groups is 1. The van der Waals surface area contributed by atoms with Crippen molar-refractivity contribution in [2.24, 2.45) is 0 Å². The number of benzene rings is 2. The molecule has 3 rings (SSSR count). The third-order valence-corrected chi connectivity index (χ3v) is 3.86. The number of aromatic hydroxyl groups is 1. The first-order valence-electron chi connectivity index (χ1n) is 6.96. The van der Waals surface area contributed by atoms with Gasteiger partial charge in [-0.3, -0.25) is 10.1 Å². The second kappa shape index (κ2) is 5.44. The summed E-state index contributed by atoms with van der Waals surface area (Å²) in [5, 5.41) is 23.7. The van der Waals surface area contributed by atoms with Gasteiger partial charge in [0.05, 0.1) is 11.0 Å². The van der Waals surface area contributed by atoms with Gasteiger partial charge in [-0.15, -0.1) is 0 Å². The largest absolute Gasteiger partial charge is 0.508 e. The van der Waals surface area contributed by atoms with E-state index in [1.807, 2.05) is 6.07 Å². The van der Waals surface area contributed by atoms with E-state index >= 15 is 0 Å². The maximum absolute atomic E-state index is 10.7. The number of rotatable bonds is 3. The molecular weight excluding hydrogens is 268 g/mol. The van der Waals surface area contributed by atoms with Crippen molar-refractivity contribution in [3.8, 4) is 5.75 Å². The molecule has 0 spiro atoms. The molecule has 0 heterocycles. The van der Waals surface area contributed by atoms with E-state index < -0.39 is 4.92 Å². The second-order valence-corrected chi connectivity index (χ2v) is 5.28. The van der Waals surface area contributed by atoms with Crippen LogP contribution in [-0.2, 0) is 6.42 Å². The zero-order valence-corrected chi connectivity index (χ0v) is 11.5. The van der Waals surface area contributed by atoms with E-state index in [1.54, 1.807) is 24.3 Å². The number of non-ortho nitro benzene ring substituents is 1. The van der Waals surface area contributed by atoms with Crippen molar-refractivity contribution < 1.29 is 10.0 Å². The molecule has 0 aliphatic heterocycles. The third kappa shape index (κ3) is 2.81. The average Bonchev–Trinajstić information content (AvgIpc) is 2.48. The molecule has 0 aromatic heterocycles. The number of aryl methyl sites for hydroxylation is 1. The number of hydrogen-bond acceptors (Lipinski definition) is 4. The van der Waals surface area contributed by atoms with Crippen LogP contribution in [0.5, 0.6) is 5.75 Å². The van der Waals surface area contributed by atoms with Crippen LogP contribution in [0.3, 0.4) is 0 Å².